The summed E-state index contributed by atoms with van der Waals surface area (Å²) < 4.78 is 10.5. The first kappa shape index (κ1) is 10.3. The molecule has 1 saturated heterocycles. The van der Waals surface area contributed by atoms with Crippen LogP contribution in [0, 0.1) is 5.92 Å². The summed E-state index contributed by atoms with van der Waals surface area (Å²) in [6.07, 6.45) is 2.15. The van der Waals surface area contributed by atoms with Crippen LogP contribution in [0.2, 0.25) is 0 Å². The van der Waals surface area contributed by atoms with Crippen LogP contribution in [-0.2, 0) is 11.2 Å². The van der Waals surface area contributed by atoms with E-state index in [0.717, 1.165) is 37.5 Å². The van der Waals surface area contributed by atoms with Gasteiger partial charge in [-0.25, -0.2) is 0 Å². The molecule has 2 N–H and O–H groups in total. The standard InChI is InChI=1S/C12H17NO2/c1-14-11-3-2-10(12(13)7-11)6-9-4-5-15-8-9/h2-3,7,9H,4-6,8,13H2,1H3. The summed E-state index contributed by atoms with van der Waals surface area (Å²) in [5.74, 6) is 1.44. The summed E-state index contributed by atoms with van der Waals surface area (Å²) in [7, 11) is 1.65. The maximum atomic E-state index is 5.95. The summed E-state index contributed by atoms with van der Waals surface area (Å²) >= 11 is 0. The van der Waals surface area contributed by atoms with Crippen molar-refractivity contribution >= 4 is 5.69 Å². The minimum absolute atomic E-state index is 0.626. The molecule has 3 nitrogen and oxygen atoms in total. The van der Waals surface area contributed by atoms with Crippen LogP contribution in [0.5, 0.6) is 5.75 Å². The Kier molecular flexibility index (Phi) is 3.11. The molecule has 1 fully saturated rings. The van der Waals surface area contributed by atoms with Crippen LogP contribution in [0.15, 0.2) is 18.2 Å². The van der Waals surface area contributed by atoms with Gasteiger partial charge >= 0.3 is 0 Å². The van der Waals surface area contributed by atoms with Crippen LogP contribution in [0.25, 0.3) is 0 Å². The molecule has 82 valence electrons. The first-order chi connectivity index (χ1) is 7.29. The predicted octanol–water partition coefficient (Wildman–Crippen LogP) is 1.86. The van der Waals surface area contributed by atoms with E-state index in [1.165, 1.54) is 5.56 Å². The van der Waals surface area contributed by atoms with Crippen LogP contribution in [-0.4, -0.2) is 20.3 Å². The van der Waals surface area contributed by atoms with E-state index in [9.17, 15) is 0 Å². The fourth-order valence-electron chi connectivity index (χ4n) is 1.94. The molecule has 0 saturated carbocycles. The average molecular weight is 207 g/mol. The number of hydrogen-bond acceptors (Lipinski definition) is 3. The zero-order chi connectivity index (χ0) is 10.7. The average Bonchev–Trinajstić information content (AvgIpc) is 2.74. The van der Waals surface area contributed by atoms with Crippen molar-refractivity contribution < 1.29 is 9.47 Å². The summed E-state index contributed by atoms with van der Waals surface area (Å²) in [5.41, 5.74) is 7.98. The van der Waals surface area contributed by atoms with Crippen LogP contribution in [0.1, 0.15) is 12.0 Å². The van der Waals surface area contributed by atoms with Crippen molar-refractivity contribution in [2.45, 2.75) is 12.8 Å². The molecule has 3 heteroatoms. The van der Waals surface area contributed by atoms with E-state index in [4.69, 9.17) is 15.2 Å². The van der Waals surface area contributed by atoms with E-state index in [0.29, 0.717) is 5.92 Å². The maximum Gasteiger partial charge on any atom is 0.120 e. The topological polar surface area (TPSA) is 44.5 Å². The van der Waals surface area contributed by atoms with E-state index < -0.39 is 0 Å². The Bertz CT molecular complexity index is 332. The Labute approximate surface area is 90.2 Å². The molecule has 0 bridgehead atoms. The molecular formula is C12H17NO2. The van der Waals surface area contributed by atoms with Crippen molar-refractivity contribution in [3.05, 3.63) is 23.8 Å². The molecule has 0 aromatic heterocycles. The van der Waals surface area contributed by atoms with Gasteiger partial charge in [-0.3, -0.25) is 0 Å². The van der Waals surface area contributed by atoms with Crippen LogP contribution < -0.4 is 10.5 Å². The molecule has 0 aliphatic carbocycles. The molecule has 0 amide bonds. The molecule has 1 aliphatic rings. The van der Waals surface area contributed by atoms with Gasteiger partial charge in [-0.15, -0.1) is 0 Å². The Hall–Kier alpha value is -1.22. The lowest BCUT2D eigenvalue weighted by molar-refractivity contribution is 0.186. The molecule has 1 aromatic carbocycles. The molecule has 0 radical (unpaired) electrons. The van der Waals surface area contributed by atoms with Crippen molar-refractivity contribution in [1.29, 1.82) is 0 Å². The van der Waals surface area contributed by atoms with Gasteiger partial charge in [0, 0.05) is 25.0 Å². The van der Waals surface area contributed by atoms with Gasteiger partial charge in [0.2, 0.25) is 0 Å². The fraction of sp³-hybridized carbons (Fsp3) is 0.500. The highest BCUT2D eigenvalue weighted by Crippen LogP contribution is 2.25. The lowest BCUT2D eigenvalue weighted by Gasteiger charge is -2.11. The smallest absolute Gasteiger partial charge is 0.120 e. The highest BCUT2D eigenvalue weighted by molar-refractivity contribution is 5.51. The molecule has 1 aliphatic heterocycles. The molecule has 1 heterocycles. The third kappa shape index (κ3) is 2.42. The summed E-state index contributed by atoms with van der Waals surface area (Å²) in [6, 6.07) is 5.89. The normalized spacial score (nSPS) is 20.5. The van der Waals surface area contributed by atoms with Crippen LogP contribution in [0.3, 0.4) is 0 Å². The first-order valence-corrected chi connectivity index (χ1v) is 5.29. The number of rotatable bonds is 3. The highest BCUT2D eigenvalue weighted by atomic mass is 16.5. The summed E-state index contributed by atoms with van der Waals surface area (Å²) in [4.78, 5) is 0. The van der Waals surface area contributed by atoms with E-state index >= 15 is 0 Å². The minimum Gasteiger partial charge on any atom is -0.497 e. The zero-order valence-electron chi connectivity index (χ0n) is 9.03. The van der Waals surface area contributed by atoms with E-state index in [-0.39, 0.29) is 0 Å². The first-order valence-electron chi connectivity index (χ1n) is 5.29. The lowest BCUT2D eigenvalue weighted by atomic mass is 9.97. The molecule has 15 heavy (non-hydrogen) atoms. The molecule has 1 aromatic rings. The number of nitrogen functional groups attached to an aromatic ring is 1. The highest BCUT2D eigenvalue weighted by Gasteiger charge is 2.17. The van der Waals surface area contributed by atoms with Gasteiger partial charge < -0.3 is 15.2 Å². The van der Waals surface area contributed by atoms with Gasteiger partial charge in [-0.2, -0.15) is 0 Å². The van der Waals surface area contributed by atoms with Crippen molar-refractivity contribution in [1.82, 2.24) is 0 Å². The number of nitrogens with two attached hydrogens (primary N) is 1. The van der Waals surface area contributed by atoms with E-state index in [2.05, 4.69) is 0 Å². The predicted molar refractivity (Wildman–Crippen MR) is 60.0 cm³/mol. The molecule has 1 unspecified atom stereocenters. The van der Waals surface area contributed by atoms with Gasteiger partial charge in [0.1, 0.15) is 5.75 Å². The Balaban J connectivity index is 2.07. The van der Waals surface area contributed by atoms with Crippen LogP contribution in [0.4, 0.5) is 5.69 Å². The third-order valence-corrected chi connectivity index (χ3v) is 2.89. The number of hydrogen-bond donors (Lipinski definition) is 1. The van der Waals surface area contributed by atoms with Gasteiger partial charge in [-0.1, -0.05) is 6.07 Å². The van der Waals surface area contributed by atoms with Gasteiger partial charge in [0.05, 0.1) is 7.11 Å². The fourth-order valence-corrected chi connectivity index (χ4v) is 1.94. The Morgan fingerprint density at radius 2 is 2.40 bits per heavy atom. The summed E-state index contributed by atoms with van der Waals surface area (Å²) in [6.45, 7) is 1.76. The van der Waals surface area contributed by atoms with Crippen LogP contribution >= 0.6 is 0 Å². The second kappa shape index (κ2) is 4.53. The third-order valence-electron chi connectivity index (χ3n) is 2.89. The second-order valence-corrected chi connectivity index (χ2v) is 4.00. The number of methoxy groups -OCH3 is 1. The monoisotopic (exact) mass is 207 g/mol. The molecular weight excluding hydrogens is 190 g/mol. The second-order valence-electron chi connectivity index (χ2n) is 4.00. The largest absolute Gasteiger partial charge is 0.497 e. The number of benzene rings is 1. The molecule has 1 atom stereocenters. The van der Waals surface area contributed by atoms with Gasteiger partial charge in [0.15, 0.2) is 0 Å². The van der Waals surface area contributed by atoms with Crippen molar-refractivity contribution in [2.75, 3.05) is 26.1 Å². The van der Waals surface area contributed by atoms with E-state index in [1.807, 2.05) is 18.2 Å². The maximum absolute atomic E-state index is 5.95. The zero-order valence-corrected chi connectivity index (χ0v) is 9.03. The quantitative estimate of drug-likeness (QED) is 0.769. The number of ether oxygens (including phenoxy) is 2. The van der Waals surface area contributed by atoms with Crippen molar-refractivity contribution in [2.24, 2.45) is 5.92 Å². The summed E-state index contributed by atoms with van der Waals surface area (Å²) in [5, 5.41) is 0. The Morgan fingerprint density at radius 3 is 3.00 bits per heavy atom. The Morgan fingerprint density at radius 1 is 1.53 bits per heavy atom. The lowest BCUT2D eigenvalue weighted by Crippen LogP contribution is -2.06. The van der Waals surface area contributed by atoms with Gasteiger partial charge in [0.25, 0.3) is 0 Å². The minimum atomic E-state index is 0.626. The molecule has 2 rings (SSSR count). The number of anilines is 1. The van der Waals surface area contributed by atoms with Gasteiger partial charge in [-0.05, 0) is 30.4 Å². The van der Waals surface area contributed by atoms with E-state index in [1.54, 1.807) is 7.11 Å². The van der Waals surface area contributed by atoms with Crippen molar-refractivity contribution in [3.63, 3.8) is 0 Å². The SMILES string of the molecule is COc1ccc(CC2CCOC2)c(N)c1. The van der Waals surface area contributed by atoms with Crippen molar-refractivity contribution in [3.8, 4) is 5.75 Å². The molecule has 0 spiro atoms.